The molecule has 0 aromatic carbocycles. The number of nitrogens with zero attached hydrogens (tertiary/aromatic N) is 1. The molecule has 5 nitrogen and oxygen atoms in total. The van der Waals surface area contributed by atoms with E-state index in [0.717, 1.165) is 0 Å². The van der Waals surface area contributed by atoms with E-state index in [-0.39, 0.29) is 17.0 Å². The van der Waals surface area contributed by atoms with Crippen LogP contribution >= 0.6 is 11.8 Å². The van der Waals surface area contributed by atoms with Gasteiger partial charge in [0.25, 0.3) is 0 Å². The summed E-state index contributed by atoms with van der Waals surface area (Å²) in [4.78, 5) is 23.3. The molecule has 1 saturated heterocycles. The molecule has 0 aliphatic carbocycles. The fourth-order valence-corrected chi connectivity index (χ4v) is 2.90. The normalized spacial score (nSPS) is 31.3. The largest absolute Gasteiger partial charge is 0.543 e. The third kappa shape index (κ3) is 1.07. The highest BCUT2D eigenvalue weighted by Crippen LogP contribution is 2.38. The average Bonchev–Trinajstić information content (AvgIpc) is 2.15. The summed E-state index contributed by atoms with van der Waals surface area (Å²) in [5.74, 6) is -1.04. The minimum Gasteiger partial charge on any atom is -0.543 e. The Balaban J connectivity index is 2.37. The van der Waals surface area contributed by atoms with Gasteiger partial charge in [-0.2, -0.15) is 0 Å². The molecule has 76 valence electrons. The van der Waals surface area contributed by atoms with Crippen LogP contribution in [0.1, 0.15) is 6.92 Å². The lowest BCUT2D eigenvalue weighted by atomic mass is 10.0. The Morgan fingerprint density at radius 3 is 2.93 bits per heavy atom. The fourth-order valence-electron chi connectivity index (χ4n) is 1.66. The molecule has 0 aromatic rings. The molecular weight excluding hydrogens is 204 g/mol. The predicted octanol–water partition coefficient (Wildman–Crippen LogP) is -1.75. The number of thioether (sulfide) groups is 1. The van der Waals surface area contributed by atoms with Crippen LogP contribution in [0.4, 0.5) is 0 Å². The standard InChI is InChI=1S/C8H10N2O3S/c1-3-2-14-7-4(9)6(11)10(7)5(3)8(12)13/h4,7H,2,9H2,1H3,(H,12,13)/p-1/t4?,7-/m1/s1. The summed E-state index contributed by atoms with van der Waals surface area (Å²) in [5.41, 5.74) is 6.20. The number of fused-ring (bicyclic) bond motifs is 1. The Morgan fingerprint density at radius 1 is 1.71 bits per heavy atom. The third-order valence-electron chi connectivity index (χ3n) is 2.39. The maximum atomic E-state index is 11.3. The molecule has 0 bridgehead atoms. The van der Waals surface area contributed by atoms with Gasteiger partial charge in [-0.25, -0.2) is 0 Å². The van der Waals surface area contributed by atoms with Crippen molar-refractivity contribution in [3.05, 3.63) is 11.3 Å². The first-order valence-corrected chi connectivity index (χ1v) is 5.20. The van der Waals surface area contributed by atoms with Crippen LogP contribution in [0, 0.1) is 0 Å². The number of amides is 1. The van der Waals surface area contributed by atoms with Crippen molar-refractivity contribution in [1.29, 1.82) is 0 Å². The van der Waals surface area contributed by atoms with Crippen LogP contribution in [-0.4, -0.2) is 33.9 Å². The highest BCUT2D eigenvalue weighted by atomic mass is 32.2. The molecule has 2 rings (SSSR count). The van der Waals surface area contributed by atoms with E-state index < -0.39 is 12.0 Å². The van der Waals surface area contributed by atoms with Gasteiger partial charge in [0.05, 0.1) is 11.7 Å². The lowest BCUT2D eigenvalue weighted by Crippen LogP contribution is -2.69. The zero-order valence-corrected chi connectivity index (χ0v) is 8.34. The van der Waals surface area contributed by atoms with Crippen LogP contribution in [0.25, 0.3) is 0 Å². The van der Waals surface area contributed by atoms with Gasteiger partial charge in [-0.15, -0.1) is 11.8 Å². The summed E-state index contributed by atoms with van der Waals surface area (Å²) >= 11 is 1.49. The van der Waals surface area contributed by atoms with Crippen molar-refractivity contribution in [3.63, 3.8) is 0 Å². The molecule has 0 saturated carbocycles. The summed E-state index contributed by atoms with van der Waals surface area (Å²) in [6, 6.07) is -0.567. The first-order valence-electron chi connectivity index (χ1n) is 4.15. The first kappa shape index (κ1) is 9.54. The van der Waals surface area contributed by atoms with Gasteiger partial charge < -0.3 is 15.6 Å². The number of β-lactam (4-membered cyclic amide) rings is 1. The van der Waals surface area contributed by atoms with Gasteiger partial charge in [0, 0.05) is 5.75 Å². The quantitative estimate of drug-likeness (QED) is 0.522. The van der Waals surface area contributed by atoms with E-state index >= 15 is 0 Å². The minimum absolute atomic E-state index is 0.000417. The van der Waals surface area contributed by atoms with Gasteiger partial charge in [-0.05, 0) is 12.5 Å². The smallest absolute Gasteiger partial charge is 0.248 e. The number of carbonyl (C=O) groups excluding carboxylic acids is 2. The van der Waals surface area contributed by atoms with Crippen molar-refractivity contribution in [2.75, 3.05) is 5.75 Å². The van der Waals surface area contributed by atoms with E-state index in [1.807, 2.05) is 0 Å². The zero-order chi connectivity index (χ0) is 10.5. The summed E-state index contributed by atoms with van der Waals surface area (Å²) in [6.45, 7) is 1.69. The summed E-state index contributed by atoms with van der Waals surface area (Å²) in [7, 11) is 0. The molecule has 14 heavy (non-hydrogen) atoms. The molecule has 2 atom stereocenters. The van der Waals surface area contributed by atoms with E-state index in [4.69, 9.17) is 5.73 Å². The van der Waals surface area contributed by atoms with Gasteiger partial charge >= 0.3 is 0 Å². The second-order valence-electron chi connectivity index (χ2n) is 3.35. The van der Waals surface area contributed by atoms with E-state index in [1.54, 1.807) is 6.92 Å². The van der Waals surface area contributed by atoms with E-state index in [1.165, 1.54) is 16.7 Å². The Labute approximate surface area is 84.9 Å². The van der Waals surface area contributed by atoms with E-state index in [9.17, 15) is 14.7 Å². The molecule has 1 amide bonds. The summed E-state index contributed by atoms with van der Waals surface area (Å²) < 4.78 is 0. The molecule has 2 heterocycles. The molecule has 2 aliphatic rings. The van der Waals surface area contributed by atoms with Gasteiger partial charge in [0.1, 0.15) is 11.4 Å². The maximum absolute atomic E-state index is 11.3. The monoisotopic (exact) mass is 213 g/mol. The van der Waals surface area contributed by atoms with E-state index in [0.29, 0.717) is 11.3 Å². The number of hydrogen-bond acceptors (Lipinski definition) is 5. The van der Waals surface area contributed by atoms with Crippen LogP contribution in [0.5, 0.6) is 0 Å². The van der Waals surface area contributed by atoms with Crippen molar-refractivity contribution >= 4 is 23.6 Å². The van der Waals surface area contributed by atoms with Gasteiger partial charge in [0.15, 0.2) is 0 Å². The number of carboxylic acids is 1. The number of rotatable bonds is 1. The first-order chi connectivity index (χ1) is 6.54. The Morgan fingerprint density at radius 2 is 2.36 bits per heavy atom. The number of aliphatic carboxylic acids is 1. The lowest BCUT2D eigenvalue weighted by molar-refractivity contribution is -0.301. The average molecular weight is 213 g/mol. The van der Waals surface area contributed by atoms with Crippen molar-refractivity contribution in [2.45, 2.75) is 18.3 Å². The van der Waals surface area contributed by atoms with Crippen LogP contribution in [0.2, 0.25) is 0 Å². The van der Waals surface area contributed by atoms with Crippen molar-refractivity contribution < 1.29 is 14.7 Å². The number of hydrogen-bond donors (Lipinski definition) is 1. The van der Waals surface area contributed by atoms with Gasteiger partial charge in [0.2, 0.25) is 5.91 Å². The van der Waals surface area contributed by atoms with Crippen molar-refractivity contribution in [3.8, 4) is 0 Å². The topological polar surface area (TPSA) is 86.5 Å². The lowest BCUT2D eigenvalue weighted by Gasteiger charge is -2.49. The fraction of sp³-hybridized carbons (Fsp3) is 0.500. The highest BCUT2D eigenvalue weighted by molar-refractivity contribution is 8.00. The molecule has 1 unspecified atom stereocenters. The summed E-state index contributed by atoms with van der Waals surface area (Å²) in [5, 5.41) is 10.6. The molecule has 6 heteroatoms. The SMILES string of the molecule is CC1=C(C(=O)[O-])N2C(=O)C(N)[C@H]2SC1. The highest BCUT2D eigenvalue weighted by Gasteiger charge is 2.49. The second kappa shape index (κ2) is 2.99. The van der Waals surface area contributed by atoms with Gasteiger partial charge in [-0.1, -0.05) is 0 Å². The number of carboxylic acid groups (broad SMARTS) is 1. The minimum atomic E-state index is -1.30. The van der Waals surface area contributed by atoms with Gasteiger partial charge in [-0.3, -0.25) is 9.69 Å². The second-order valence-corrected chi connectivity index (χ2v) is 4.46. The Kier molecular flexibility index (Phi) is 2.04. The zero-order valence-electron chi connectivity index (χ0n) is 7.52. The maximum Gasteiger partial charge on any atom is 0.248 e. The molecule has 2 aliphatic heterocycles. The Bertz CT molecular complexity index is 352. The predicted molar refractivity (Wildman–Crippen MR) is 48.8 cm³/mol. The molecule has 0 radical (unpaired) electrons. The van der Waals surface area contributed by atoms with Crippen molar-refractivity contribution in [2.24, 2.45) is 5.73 Å². The molecule has 2 N–H and O–H groups in total. The van der Waals surface area contributed by atoms with Crippen LogP contribution < -0.4 is 10.8 Å². The van der Waals surface area contributed by atoms with Crippen LogP contribution in [0.3, 0.4) is 0 Å². The van der Waals surface area contributed by atoms with Crippen molar-refractivity contribution in [1.82, 2.24) is 4.90 Å². The van der Waals surface area contributed by atoms with Crippen LogP contribution in [-0.2, 0) is 9.59 Å². The number of carbonyl (C=O) groups is 2. The Hall–Kier alpha value is -1.01. The molecular formula is C8H9N2O3S-. The molecule has 1 fully saturated rings. The third-order valence-corrected chi connectivity index (χ3v) is 3.84. The molecule has 0 aromatic heterocycles. The van der Waals surface area contributed by atoms with E-state index in [2.05, 4.69) is 0 Å². The summed E-state index contributed by atoms with van der Waals surface area (Å²) in [6.07, 6.45) is 0. The van der Waals surface area contributed by atoms with Crippen LogP contribution in [0.15, 0.2) is 11.3 Å². The number of nitrogens with two attached hydrogens (primary N) is 1. The molecule has 0 spiro atoms.